The van der Waals surface area contributed by atoms with Gasteiger partial charge in [-0.2, -0.15) is 0 Å². The molecule has 2 N–H and O–H groups in total. The lowest BCUT2D eigenvalue weighted by Crippen LogP contribution is -2.14. The molecular weight excluding hydrogens is 352 g/mol. The molecule has 0 bridgehead atoms. The molecule has 0 spiro atoms. The Kier molecular flexibility index (Phi) is 5.34. The molecule has 0 saturated carbocycles. The third kappa shape index (κ3) is 4.29. The Labute approximate surface area is 156 Å². The molecule has 1 heterocycles. The second-order valence-electron chi connectivity index (χ2n) is 5.59. The number of nitrogens with zero attached hydrogens (tertiary/aromatic N) is 2. The van der Waals surface area contributed by atoms with Crippen LogP contribution in [0, 0.1) is 6.92 Å². The van der Waals surface area contributed by atoms with Crippen LogP contribution in [0.2, 0.25) is 5.02 Å². The molecule has 1 amide bonds. The number of aromatic nitrogens is 2. The van der Waals surface area contributed by atoms with Gasteiger partial charge >= 0.3 is 0 Å². The molecule has 7 heteroatoms. The van der Waals surface area contributed by atoms with Crippen LogP contribution in [-0.2, 0) is 0 Å². The number of anilines is 3. The number of halogens is 1. The Morgan fingerprint density at radius 3 is 2.46 bits per heavy atom. The van der Waals surface area contributed by atoms with Crippen LogP contribution in [0.1, 0.15) is 16.1 Å². The molecule has 0 aliphatic rings. The first-order chi connectivity index (χ1) is 12.5. The first kappa shape index (κ1) is 17.7. The summed E-state index contributed by atoms with van der Waals surface area (Å²) in [6.45, 7) is 1.99. The molecule has 2 aromatic carbocycles. The summed E-state index contributed by atoms with van der Waals surface area (Å²) in [6.07, 6.45) is 0. The van der Waals surface area contributed by atoms with Crippen LogP contribution in [0.15, 0.2) is 54.6 Å². The predicted octanol–water partition coefficient (Wildman–Crippen LogP) is 4.44. The fourth-order valence-electron chi connectivity index (χ4n) is 2.31. The van der Waals surface area contributed by atoms with Gasteiger partial charge in [-0.25, -0.2) is 0 Å². The summed E-state index contributed by atoms with van der Waals surface area (Å²) in [7, 11) is 1.60. The number of methoxy groups -OCH3 is 1. The van der Waals surface area contributed by atoms with Crippen molar-refractivity contribution in [1.29, 1.82) is 0 Å². The monoisotopic (exact) mass is 368 g/mol. The van der Waals surface area contributed by atoms with Crippen molar-refractivity contribution in [2.24, 2.45) is 0 Å². The molecule has 0 saturated heterocycles. The lowest BCUT2D eigenvalue weighted by Gasteiger charge is -2.11. The largest absolute Gasteiger partial charge is 0.495 e. The van der Waals surface area contributed by atoms with Gasteiger partial charge in [-0.3, -0.25) is 4.79 Å². The summed E-state index contributed by atoms with van der Waals surface area (Å²) in [5.74, 6) is 0.860. The van der Waals surface area contributed by atoms with Crippen LogP contribution in [0.25, 0.3) is 0 Å². The minimum Gasteiger partial charge on any atom is -0.495 e. The molecule has 0 radical (unpaired) electrons. The Balaban J connectivity index is 1.71. The summed E-state index contributed by atoms with van der Waals surface area (Å²) < 4.78 is 5.33. The second-order valence-corrected chi connectivity index (χ2v) is 6.03. The van der Waals surface area contributed by atoms with Crippen molar-refractivity contribution in [3.8, 4) is 5.75 Å². The van der Waals surface area contributed by atoms with E-state index in [2.05, 4.69) is 20.8 Å². The van der Waals surface area contributed by atoms with E-state index in [1.807, 2.05) is 25.1 Å². The van der Waals surface area contributed by atoms with E-state index in [1.165, 1.54) is 0 Å². The first-order valence-electron chi connectivity index (χ1n) is 7.87. The summed E-state index contributed by atoms with van der Waals surface area (Å²) in [5, 5.41) is 14.5. The normalized spacial score (nSPS) is 10.3. The number of carbonyl (C=O) groups excluding carboxylic acids is 1. The maximum atomic E-state index is 12.2. The summed E-state index contributed by atoms with van der Waals surface area (Å²) >= 11 is 5.83. The maximum Gasteiger partial charge on any atom is 0.276 e. The molecular formula is C19H17ClN4O2. The molecule has 6 nitrogen and oxygen atoms in total. The number of hydrogen-bond acceptors (Lipinski definition) is 5. The van der Waals surface area contributed by atoms with Crippen LogP contribution in [-0.4, -0.2) is 23.2 Å². The van der Waals surface area contributed by atoms with Gasteiger partial charge in [-0.05, 0) is 61.0 Å². The Bertz CT molecular complexity index is 912. The average Bonchev–Trinajstić information content (AvgIpc) is 2.64. The molecule has 1 aromatic heterocycles. The number of aryl methyl sites for hydroxylation is 1. The van der Waals surface area contributed by atoms with Gasteiger partial charge in [0.2, 0.25) is 0 Å². The van der Waals surface area contributed by atoms with Gasteiger partial charge in [0.15, 0.2) is 11.5 Å². The second kappa shape index (κ2) is 7.84. The van der Waals surface area contributed by atoms with Gasteiger partial charge in [0.05, 0.1) is 12.8 Å². The number of ether oxygens (including phenoxy) is 1. The van der Waals surface area contributed by atoms with E-state index in [9.17, 15) is 4.79 Å². The van der Waals surface area contributed by atoms with Gasteiger partial charge < -0.3 is 15.4 Å². The van der Waals surface area contributed by atoms with Gasteiger partial charge in [-0.1, -0.05) is 17.7 Å². The smallest absolute Gasteiger partial charge is 0.276 e. The molecule has 3 rings (SSSR count). The topological polar surface area (TPSA) is 76.1 Å². The van der Waals surface area contributed by atoms with Crippen LogP contribution in [0.3, 0.4) is 0 Å². The highest BCUT2D eigenvalue weighted by molar-refractivity contribution is 6.30. The zero-order chi connectivity index (χ0) is 18.5. The van der Waals surface area contributed by atoms with Crippen molar-refractivity contribution in [2.45, 2.75) is 6.92 Å². The van der Waals surface area contributed by atoms with Crippen molar-refractivity contribution in [2.75, 3.05) is 17.7 Å². The van der Waals surface area contributed by atoms with Gasteiger partial charge in [-0.15, -0.1) is 10.2 Å². The highest BCUT2D eigenvalue weighted by Crippen LogP contribution is 2.27. The van der Waals surface area contributed by atoms with Crippen LogP contribution in [0.5, 0.6) is 5.75 Å². The highest BCUT2D eigenvalue weighted by atomic mass is 35.5. The summed E-state index contributed by atoms with van der Waals surface area (Å²) in [5.41, 5.74) is 2.70. The lowest BCUT2D eigenvalue weighted by molar-refractivity contribution is 0.102. The molecule has 3 aromatic rings. The maximum absolute atomic E-state index is 12.2. The van der Waals surface area contributed by atoms with Crippen LogP contribution in [0.4, 0.5) is 17.2 Å². The van der Waals surface area contributed by atoms with Crippen molar-refractivity contribution in [3.05, 3.63) is 70.9 Å². The van der Waals surface area contributed by atoms with E-state index in [4.69, 9.17) is 16.3 Å². The third-order valence-corrected chi connectivity index (χ3v) is 3.87. The molecule has 0 aliphatic heterocycles. The number of nitrogens with one attached hydrogen (secondary N) is 2. The SMILES string of the molecule is COc1ccc(C)cc1Nc1ccc(C(=O)Nc2ccc(Cl)cc2)nn1. The third-order valence-electron chi connectivity index (χ3n) is 3.62. The van der Waals surface area contributed by atoms with Crippen LogP contribution < -0.4 is 15.4 Å². The Morgan fingerprint density at radius 2 is 1.81 bits per heavy atom. The molecule has 0 unspecified atom stereocenters. The standard InChI is InChI=1S/C19H17ClN4O2/c1-12-3-9-17(26-2)16(11-12)22-18-10-8-15(23-24-18)19(25)21-14-6-4-13(20)5-7-14/h3-11H,1-2H3,(H,21,25)(H,22,24). The molecule has 0 fully saturated rings. The van der Waals surface area contributed by atoms with Crippen LogP contribution >= 0.6 is 11.6 Å². The minimum atomic E-state index is -0.348. The summed E-state index contributed by atoms with van der Waals surface area (Å²) in [4.78, 5) is 12.2. The minimum absolute atomic E-state index is 0.210. The first-order valence-corrected chi connectivity index (χ1v) is 8.25. The fraction of sp³-hybridized carbons (Fsp3) is 0.105. The zero-order valence-corrected chi connectivity index (χ0v) is 15.0. The average molecular weight is 369 g/mol. The molecule has 0 atom stereocenters. The van der Waals surface area contributed by atoms with E-state index in [0.29, 0.717) is 22.3 Å². The zero-order valence-electron chi connectivity index (χ0n) is 14.3. The Morgan fingerprint density at radius 1 is 1.04 bits per heavy atom. The molecule has 132 valence electrons. The van der Waals surface area contributed by atoms with E-state index in [1.54, 1.807) is 43.5 Å². The van der Waals surface area contributed by atoms with E-state index in [-0.39, 0.29) is 11.6 Å². The Hall–Kier alpha value is -3.12. The van der Waals surface area contributed by atoms with E-state index >= 15 is 0 Å². The van der Waals surface area contributed by atoms with Crippen molar-refractivity contribution >= 4 is 34.7 Å². The quantitative estimate of drug-likeness (QED) is 0.696. The van der Waals surface area contributed by atoms with Crippen molar-refractivity contribution < 1.29 is 9.53 Å². The fourth-order valence-corrected chi connectivity index (χ4v) is 2.43. The molecule has 26 heavy (non-hydrogen) atoms. The number of carbonyl (C=O) groups is 1. The van der Waals surface area contributed by atoms with Crippen molar-refractivity contribution in [1.82, 2.24) is 10.2 Å². The lowest BCUT2D eigenvalue weighted by atomic mass is 10.2. The van der Waals surface area contributed by atoms with E-state index in [0.717, 1.165) is 11.3 Å². The summed E-state index contributed by atoms with van der Waals surface area (Å²) in [6, 6.07) is 15.9. The molecule has 0 aliphatic carbocycles. The predicted molar refractivity (Wildman–Crippen MR) is 102 cm³/mol. The number of rotatable bonds is 5. The number of amides is 1. The van der Waals surface area contributed by atoms with Gasteiger partial charge in [0.1, 0.15) is 5.75 Å². The van der Waals surface area contributed by atoms with E-state index < -0.39 is 0 Å². The number of hydrogen-bond donors (Lipinski definition) is 2. The highest BCUT2D eigenvalue weighted by Gasteiger charge is 2.10. The van der Waals surface area contributed by atoms with Gasteiger partial charge in [0, 0.05) is 10.7 Å². The van der Waals surface area contributed by atoms with Gasteiger partial charge in [0.25, 0.3) is 5.91 Å². The number of benzene rings is 2. The van der Waals surface area contributed by atoms with Crippen molar-refractivity contribution in [3.63, 3.8) is 0 Å².